The second-order valence-electron chi connectivity index (χ2n) is 3.97. The first kappa shape index (κ1) is 17.3. The van der Waals surface area contributed by atoms with Gasteiger partial charge in [0.05, 0.1) is 6.61 Å². The minimum Gasteiger partial charge on any atom is -0.362 e. The van der Waals surface area contributed by atoms with Crippen LogP contribution in [0.4, 0.5) is 0 Å². The zero-order valence-corrected chi connectivity index (χ0v) is 13.6. The smallest absolute Gasteiger partial charge is 0.225 e. The van der Waals surface area contributed by atoms with Gasteiger partial charge in [0.1, 0.15) is 0 Å². The predicted molar refractivity (Wildman–Crippen MR) is 82.8 cm³/mol. The Bertz CT molecular complexity index is 274. The van der Waals surface area contributed by atoms with Crippen molar-refractivity contribution in [2.24, 2.45) is 0 Å². The van der Waals surface area contributed by atoms with Crippen molar-refractivity contribution in [3.8, 4) is 0 Å². The van der Waals surface area contributed by atoms with Crippen LogP contribution < -0.4 is 15.5 Å². The third-order valence-electron chi connectivity index (χ3n) is 1.80. The van der Waals surface area contributed by atoms with Crippen LogP contribution in [-0.4, -0.2) is 24.3 Å². The summed E-state index contributed by atoms with van der Waals surface area (Å²) in [6.07, 6.45) is 2.23. The summed E-state index contributed by atoms with van der Waals surface area (Å²) in [5, 5.41) is 10.0. The van der Waals surface area contributed by atoms with E-state index >= 15 is 0 Å². The van der Waals surface area contributed by atoms with E-state index < -0.39 is 6.57 Å². The molecular formula is C10H24N3OPS2. The molecule has 0 aliphatic rings. The Kier molecular flexibility index (Phi) is 9.37. The lowest BCUT2D eigenvalue weighted by molar-refractivity contribution is 0.363. The molecule has 0 aromatic heterocycles. The molecule has 0 rings (SSSR count). The molecule has 102 valence electrons. The minimum absolute atomic E-state index is 0.262. The lowest BCUT2D eigenvalue weighted by atomic mass is 10.3. The lowest BCUT2D eigenvalue weighted by Gasteiger charge is -2.27. The van der Waals surface area contributed by atoms with Gasteiger partial charge in [-0.25, -0.2) is 5.09 Å². The van der Waals surface area contributed by atoms with Gasteiger partial charge in [0.25, 0.3) is 0 Å². The number of rotatable bonds is 8. The standard InChI is InChI=1S/C10H24N3OPS2/c1-5-7-8-11-10(16)13-15(17,14-6-2)12-9(3)4/h9H,5-8H2,1-4H3,(H3,11,12,13,16,17). The minimum atomic E-state index is -2.25. The van der Waals surface area contributed by atoms with E-state index in [1.807, 2.05) is 20.8 Å². The fraction of sp³-hybridized carbons (Fsp3) is 0.900. The Morgan fingerprint density at radius 1 is 1.35 bits per heavy atom. The van der Waals surface area contributed by atoms with Crippen molar-refractivity contribution in [3.63, 3.8) is 0 Å². The fourth-order valence-corrected chi connectivity index (χ4v) is 4.65. The average molecular weight is 297 g/mol. The molecule has 0 saturated heterocycles. The Morgan fingerprint density at radius 3 is 2.47 bits per heavy atom. The summed E-state index contributed by atoms with van der Waals surface area (Å²) in [6, 6.07) is 0.262. The molecule has 7 heteroatoms. The summed E-state index contributed by atoms with van der Waals surface area (Å²) in [6.45, 7) is 7.33. The van der Waals surface area contributed by atoms with Gasteiger partial charge in [-0.2, -0.15) is 0 Å². The molecule has 0 fully saturated rings. The highest BCUT2D eigenvalue weighted by Crippen LogP contribution is 2.38. The van der Waals surface area contributed by atoms with Gasteiger partial charge in [0, 0.05) is 12.6 Å². The third kappa shape index (κ3) is 8.91. The Balaban J connectivity index is 4.23. The van der Waals surface area contributed by atoms with Crippen molar-refractivity contribution in [1.29, 1.82) is 0 Å². The van der Waals surface area contributed by atoms with Crippen LogP contribution in [0.25, 0.3) is 0 Å². The Morgan fingerprint density at radius 2 is 2.00 bits per heavy atom. The van der Waals surface area contributed by atoms with E-state index in [-0.39, 0.29) is 6.04 Å². The number of hydrogen-bond acceptors (Lipinski definition) is 3. The number of nitrogens with one attached hydrogen (secondary N) is 3. The van der Waals surface area contributed by atoms with Crippen molar-refractivity contribution in [2.45, 2.75) is 46.6 Å². The first-order valence-corrected chi connectivity index (χ1v) is 9.14. The highest BCUT2D eigenvalue weighted by Gasteiger charge is 2.19. The van der Waals surface area contributed by atoms with E-state index in [1.54, 1.807) is 0 Å². The van der Waals surface area contributed by atoms with Gasteiger partial charge in [0.15, 0.2) is 5.11 Å². The maximum absolute atomic E-state index is 5.59. The zero-order chi connectivity index (χ0) is 13.3. The van der Waals surface area contributed by atoms with Crippen molar-refractivity contribution in [2.75, 3.05) is 13.2 Å². The number of unbranched alkanes of at least 4 members (excludes halogenated alkanes) is 1. The highest BCUT2D eigenvalue weighted by atomic mass is 32.4. The monoisotopic (exact) mass is 297 g/mol. The molecule has 3 N–H and O–H groups in total. The van der Waals surface area contributed by atoms with Gasteiger partial charge in [0.2, 0.25) is 6.57 Å². The van der Waals surface area contributed by atoms with Crippen LogP contribution in [0.5, 0.6) is 0 Å². The summed E-state index contributed by atoms with van der Waals surface area (Å²) in [7, 11) is 0. The van der Waals surface area contributed by atoms with Gasteiger partial charge in [-0.3, -0.25) is 0 Å². The van der Waals surface area contributed by atoms with Crippen molar-refractivity contribution in [1.82, 2.24) is 15.5 Å². The molecule has 0 radical (unpaired) electrons. The van der Waals surface area contributed by atoms with Gasteiger partial charge < -0.3 is 14.9 Å². The number of hydrogen-bond donors (Lipinski definition) is 3. The normalized spacial score (nSPS) is 14.4. The van der Waals surface area contributed by atoms with E-state index in [4.69, 9.17) is 28.5 Å². The predicted octanol–water partition coefficient (Wildman–Crippen LogP) is 2.51. The van der Waals surface area contributed by atoms with E-state index in [0.29, 0.717) is 11.7 Å². The molecule has 4 nitrogen and oxygen atoms in total. The molecule has 0 spiro atoms. The summed E-state index contributed by atoms with van der Waals surface area (Å²) in [5.41, 5.74) is 0. The first-order valence-electron chi connectivity index (χ1n) is 6.02. The largest absolute Gasteiger partial charge is 0.362 e. The quantitative estimate of drug-likeness (QED) is 0.363. The molecular weight excluding hydrogens is 273 g/mol. The summed E-state index contributed by atoms with van der Waals surface area (Å²) < 4.78 is 5.59. The molecule has 0 amide bonds. The van der Waals surface area contributed by atoms with E-state index in [0.717, 1.165) is 19.4 Å². The van der Waals surface area contributed by atoms with Crippen LogP contribution in [0, 0.1) is 0 Å². The fourth-order valence-electron chi connectivity index (χ4n) is 1.18. The van der Waals surface area contributed by atoms with Crippen molar-refractivity contribution < 1.29 is 4.52 Å². The van der Waals surface area contributed by atoms with Crippen LogP contribution >= 0.6 is 18.8 Å². The molecule has 0 aliphatic carbocycles. The van der Waals surface area contributed by atoms with Crippen LogP contribution in [0.3, 0.4) is 0 Å². The summed E-state index contributed by atoms with van der Waals surface area (Å²) >= 11 is 10.7. The number of thiocarbonyl (C=S) groups is 1. The topological polar surface area (TPSA) is 45.3 Å². The molecule has 0 heterocycles. The maximum Gasteiger partial charge on any atom is 0.225 e. The van der Waals surface area contributed by atoms with Crippen LogP contribution in [0.1, 0.15) is 40.5 Å². The van der Waals surface area contributed by atoms with E-state index in [1.165, 1.54) is 0 Å². The second-order valence-corrected chi connectivity index (χ2v) is 7.77. The molecule has 1 atom stereocenters. The van der Waals surface area contributed by atoms with Gasteiger partial charge in [-0.05, 0) is 51.2 Å². The average Bonchev–Trinajstić information content (AvgIpc) is 2.16. The van der Waals surface area contributed by atoms with Crippen LogP contribution in [-0.2, 0) is 16.3 Å². The first-order chi connectivity index (χ1) is 7.93. The SMILES string of the molecule is CCCCNC(=S)NP(=S)(NC(C)C)OCC. The highest BCUT2D eigenvalue weighted by molar-refractivity contribution is 8.10. The Hall–Kier alpha value is 0.260. The maximum atomic E-state index is 5.59. The Labute approximate surface area is 115 Å². The molecule has 0 aromatic rings. The van der Waals surface area contributed by atoms with Gasteiger partial charge >= 0.3 is 0 Å². The molecule has 0 bridgehead atoms. The molecule has 17 heavy (non-hydrogen) atoms. The van der Waals surface area contributed by atoms with Crippen LogP contribution in [0.2, 0.25) is 0 Å². The zero-order valence-electron chi connectivity index (χ0n) is 11.1. The molecule has 1 unspecified atom stereocenters. The molecule has 0 aromatic carbocycles. The second kappa shape index (κ2) is 9.22. The van der Waals surface area contributed by atoms with Gasteiger partial charge in [-0.15, -0.1) is 0 Å². The summed E-state index contributed by atoms with van der Waals surface area (Å²) in [4.78, 5) is 0. The van der Waals surface area contributed by atoms with Crippen LogP contribution in [0.15, 0.2) is 0 Å². The van der Waals surface area contributed by atoms with Gasteiger partial charge in [-0.1, -0.05) is 13.3 Å². The summed E-state index contributed by atoms with van der Waals surface area (Å²) in [5.74, 6) is 0. The van der Waals surface area contributed by atoms with Crippen molar-refractivity contribution in [3.05, 3.63) is 0 Å². The lowest BCUT2D eigenvalue weighted by Crippen LogP contribution is -2.39. The van der Waals surface area contributed by atoms with E-state index in [9.17, 15) is 0 Å². The van der Waals surface area contributed by atoms with E-state index in [2.05, 4.69) is 22.4 Å². The third-order valence-corrected chi connectivity index (χ3v) is 5.10. The molecule has 0 saturated carbocycles. The van der Waals surface area contributed by atoms with Crippen molar-refractivity contribution >= 4 is 35.7 Å². The molecule has 0 aliphatic heterocycles.